The third kappa shape index (κ3) is 4.77. The Morgan fingerprint density at radius 2 is 2.05 bits per heavy atom. The number of sulfonamides is 1. The molecule has 0 fully saturated rings. The molecular formula is C11H19N3O6S. The predicted octanol–water partition coefficient (Wildman–Crippen LogP) is -0.169. The van der Waals surface area contributed by atoms with E-state index < -0.39 is 16.0 Å². The number of nitrogens with one attached hydrogen (secondary N) is 1. The molecule has 1 aromatic heterocycles. The molecule has 0 amide bonds. The van der Waals surface area contributed by atoms with Crippen LogP contribution in [0.25, 0.3) is 0 Å². The molecule has 0 spiro atoms. The Kier molecular flexibility index (Phi) is 6.27. The molecule has 0 radical (unpaired) electrons. The lowest BCUT2D eigenvalue weighted by Gasteiger charge is -2.07. The van der Waals surface area contributed by atoms with Gasteiger partial charge in [0, 0.05) is 7.11 Å². The third-order valence-corrected chi connectivity index (χ3v) is 4.14. The number of carboxylic acid groups (broad SMARTS) is 1. The molecule has 21 heavy (non-hydrogen) atoms. The summed E-state index contributed by atoms with van der Waals surface area (Å²) >= 11 is 0. The van der Waals surface area contributed by atoms with Crippen LogP contribution in [0.1, 0.15) is 17.8 Å². The van der Waals surface area contributed by atoms with Crippen LogP contribution in [0.2, 0.25) is 0 Å². The SMILES string of the molecule is COCCONS(=O)(=O)c1c(C)nn(CCC(=O)O)c1C. The summed E-state index contributed by atoms with van der Waals surface area (Å²) in [7, 11) is -2.41. The van der Waals surface area contributed by atoms with Gasteiger partial charge in [-0.25, -0.2) is 8.42 Å². The van der Waals surface area contributed by atoms with Crippen molar-refractivity contribution in [3.8, 4) is 0 Å². The van der Waals surface area contributed by atoms with Crippen molar-refractivity contribution >= 4 is 16.0 Å². The lowest BCUT2D eigenvalue weighted by molar-refractivity contribution is -0.137. The van der Waals surface area contributed by atoms with E-state index in [0.29, 0.717) is 5.69 Å². The molecule has 0 aliphatic heterocycles. The fourth-order valence-corrected chi connectivity index (χ4v) is 3.02. The molecule has 0 atom stereocenters. The highest BCUT2D eigenvalue weighted by Gasteiger charge is 2.25. The Morgan fingerprint density at radius 1 is 1.38 bits per heavy atom. The van der Waals surface area contributed by atoms with Crippen molar-refractivity contribution in [1.82, 2.24) is 14.7 Å². The second kappa shape index (κ2) is 7.50. The van der Waals surface area contributed by atoms with Gasteiger partial charge in [0.05, 0.1) is 37.6 Å². The fraction of sp³-hybridized carbons (Fsp3) is 0.636. The van der Waals surface area contributed by atoms with Gasteiger partial charge in [-0.1, -0.05) is 4.89 Å². The number of carbonyl (C=O) groups is 1. The van der Waals surface area contributed by atoms with Gasteiger partial charge < -0.3 is 9.84 Å². The quantitative estimate of drug-likeness (QED) is 0.478. The van der Waals surface area contributed by atoms with Crippen molar-refractivity contribution < 1.29 is 27.9 Å². The Bertz CT molecular complexity index is 595. The molecule has 120 valence electrons. The van der Waals surface area contributed by atoms with E-state index in [-0.39, 0.29) is 36.8 Å². The van der Waals surface area contributed by atoms with Crippen molar-refractivity contribution in [2.45, 2.75) is 31.7 Å². The monoisotopic (exact) mass is 321 g/mol. The van der Waals surface area contributed by atoms with Gasteiger partial charge >= 0.3 is 5.97 Å². The van der Waals surface area contributed by atoms with E-state index >= 15 is 0 Å². The first-order valence-electron chi connectivity index (χ1n) is 6.18. The number of aliphatic carboxylic acids is 1. The van der Waals surface area contributed by atoms with Crippen molar-refractivity contribution in [3.05, 3.63) is 11.4 Å². The Morgan fingerprint density at radius 3 is 2.62 bits per heavy atom. The fourth-order valence-electron chi connectivity index (χ4n) is 1.77. The smallest absolute Gasteiger partial charge is 0.305 e. The Labute approximate surface area is 122 Å². The summed E-state index contributed by atoms with van der Waals surface area (Å²) in [6.07, 6.45) is -0.140. The number of carboxylic acids is 1. The van der Waals surface area contributed by atoms with Crippen LogP contribution in [-0.4, -0.2) is 49.6 Å². The molecular weight excluding hydrogens is 302 g/mol. The number of ether oxygens (including phenoxy) is 1. The molecule has 0 saturated heterocycles. The van der Waals surface area contributed by atoms with E-state index in [1.807, 2.05) is 4.89 Å². The second-order valence-corrected chi connectivity index (χ2v) is 5.88. The van der Waals surface area contributed by atoms with E-state index in [4.69, 9.17) is 14.7 Å². The summed E-state index contributed by atoms with van der Waals surface area (Å²) in [6.45, 7) is 3.51. The molecule has 0 unspecified atom stereocenters. The summed E-state index contributed by atoms with van der Waals surface area (Å²) in [5, 5.41) is 12.7. The predicted molar refractivity (Wildman–Crippen MR) is 72.1 cm³/mol. The van der Waals surface area contributed by atoms with Gasteiger partial charge in [0.1, 0.15) is 4.90 Å². The lowest BCUT2D eigenvalue weighted by atomic mass is 10.4. The highest BCUT2D eigenvalue weighted by Crippen LogP contribution is 2.19. The van der Waals surface area contributed by atoms with Gasteiger partial charge in [-0.3, -0.25) is 14.3 Å². The van der Waals surface area contributed by atoms with E-state index in [1.165, 1.54) is 18.7 Å². The number of rotatable bonds is 9. The van der Waals surface area contributed by atoms with Gasteiger partial charge in [0.15, 0.2) is 0 Å². The van der Waals surface area contributed by atoms with Crippen LogP contribution < -0.4 is 4.89 Å². The maximum Gasteiger partial charge on any atom is 0.305 e. The standard InChI is InChI=1S/C11H19N3O6S/c1-8-11(21(17,18)13-20-7-6-19-3)9(2)14(12-8)5-4-10(15)16/h13H,4-7H2,1-3H3,(H,15,16). The van der Waals surface area contributed by atoms with Gasteiger partial charge in [-0.05, 0) is 13.8 Å². The molecule has 0 aliphatic rings. The van der Waals surface area contributed by atoms with Crippen molar-refractivity contribution in [2.24, 2.45) is 0 Å². The Balaban J connectivity index is 2.88. The van der Waals surface area contributed by atoms with Gasteiger partial charge in [-0.15, -0.1) is 0 Å². The van der Waals surface area contributed by atoms with Crippen LogP contribution in [0.5, 0.6) is 0 Å². The first kappa shape index (κ1) is 17.6. The summed E-state index contributed by atoms with van der Waals surface area (Å²) in [5.41, 5.74) is 0.636. The highest BCUT2D eigenvalue weighted by molar-refractivity contribution is 7.89. The zero-order valence-electron chi connectivity index (χ0n) is 12.1. The van der Waals surface area contributed by atoms with E-state index in [1.54, 1.807) is 6.92 Å². The van der Waals surface area contributed by atoms with E-state index in [0.717, 1.165) is 0 Å². The van der Waals surface area contributed by atoms with E-state index in [9.17, 15) is 13.2 Å². The minimum absolute atomic E-state index is 0.00898. The van der Waals surface area contributed by atoms with Gasteiger partial charge in [0.2, 0.25) is 0 Å². The maximum atomic E-state index is 12.1. The third-order valence-electron chi connectivity index (χ3n) is 2.68. The van der Waals surface area contributed by atoms with Gasteiger partial charge in [-0.2, -0.15) is 5.10 Å². The average Bonchev–Trinajstić information content (AvgIpc) is 2.67. The Hall–Kier alpha value is -1.49. The average molecular weight is 321 g/mol. The van der Waals surface area contributed by atoms with Crippen LogP contribution >= 0.6 is 0 Å². The van der Waals surface area contributed by atoms with Crippen molar-refractivity contribution in [2.75, 3.05) is 20.3 Å². The molecule has 1 rings (SSSR count). The topological polar surface area (TPSA) is 120 Å². The molecule has 0 bridgehead atoms. The minimum atomic E-state index is -3.88. The van der Waals surface area contributed by atoms with Crippen LogP contribution in [0.15, 0.2) is 4.90 Å². The number of aromatic nitrogens is 2. The molecule has 2 N–H and O–H groups in total. The molecule has 1 aromatic rings. The summed E-state index contributed by atoms with van der Waals surface area (Å²) in [6, 6.07) is 0. The number of aryl methyl sites for hydroxylation is 2. The van der Waals surface area contributed by atoms with Crippen LogP contribution in [-0.2, 0) is 30.9 Å². The summed E-state index contributed by atoms with van der Waals surface area (Å²) in [5.74, 6) is -0.979. The van der Waals surface area contributed by atoms with Crippen LogP contribution in [0.4, 0.5) is 0 Å². The zero-order valence-corrected chi connectivity index (χ0v) is 12.9. The highest BCUT2D eigenvalue weighted by atomic mass is 32.2. The molecule has 0 aromatic carbocycles. The molecule has 1 heterocycles. The first-order valence-corrected chi connectivity index (χ1v) is 7.66. The lowest BCUT2D eigenvalue weighted by Crippen LogP contribution is -2.26. The van der Waals surface area contributed by atoms with Crippen LogP contribution in [0.3, 0.4) is 0 Å². The number of hydrogen-bond acceptors (Lipinski definition) is 6. The largest absolute Gasteiger partial charge is 0.481 e. The van der Waals surface area contributed by atoms with Crippen molar-refractivity contribution in [1.29, 1.82) is 0 Å². The number of methoxy groups -OCH3 is 1. The molecule has 0 saturated carbocycles. The summed E-state index contributed by atoms with van der Waals surface area (Å²) < 4.78 is 30.4. The zero-order chi connectivity index (χ0) is 16.0. The summed E-state index contributed by atoms with van der Waals surface area (Å²) in [4.78, 5) is 17.4. The van der Waals surface area contributed by atoms with Crippen molar-refractivity contribution in [3.63, 3.8) is 0 Å². The van der Waals surface area contributed by atoms with Crippen LogP contribution in [0, 0.1) is 13.8 Å². The minimum Gasteiger partial charge on any atom is -0.481 e. The molecule has 9 nitrogen and oxygen atoms in total. The number of hydrogen-bond donors (Lipinski definition) is 2. The second-order valence-electron chi connectivity index (χ2n) is 4.29. The molecule has 10 heteroatoms. The molecule has 0 aliphatic carbocycles. The maximum absolute atomic E-state index is 12.1. The normalized spacial score (nSPS) is 11.8. The van der Waals surface area contributed by atoms with E-state index in [2.05, 4.69) is 5.10 Å². The first-order chi connectivity index (χ1) is 9.79. The van der Waals surface area contributed by atoms with Gasteiger partial charge in [0.25, 0.3) is 10.0 Å². The number of nitrogens with zero attached hydrogens (tertiary/aromatic N) is 2.